The summed E-state index contributed by atoms with van der Waals surface area (Å²) in [4.78, 5) is 2.33. The zero-order chi connectivity index (χ0) is 9.52. The fraction of sp³-hybridized carbons (Fsp3) is 0.889. The van der Waals surface area contributed by atoms with Crippen molar-refractivity contribution >= 4 is 0 Å². The van der Waals surface area contributed by atoms with Crippen molar-refractivity contribution in [3.63, 3.8) is 0 Å². The molecule has 0 atom stereocenters. The van der Waals surface area contributed by atoms with Crippen LogP contribution in [0, 0.1) is 11.3 Å². The van der Waals surface area contributed by atoms with Crippen LogP contribution >= 0.6 is 0 Å². The molecule has 1 aliphatic heterocycles. The predicted molar refractivity (Wildman–Crippen MR) is 51.9 cm³/mol. The first-order valence-corrected chi connectivity index (χ1v) is 4.87. The van der Waals surface area contributed by atoms with Gasteiger partial charge in [-0.05, 0) is 13.5 Å². The minimum Gasteiger partial charge on any atom is -0.304 e. The summed E-state index contributed by atoms with van der Waals surface area (Å²) in [5, 5.41) is 10.6. The van der Waals surface area contributed by atoms with E-state index in [-0.39, 0.29) is 0 Å². The summed E-state index contributed by atoms with van der Waals surface area (Å²) in [6.07, 6.45) is 1.60. The van der Waals surface area contributed by atoms with Gasteiger partial charge in [0, 0.05) is 39.1 Å². The molecule has 0 saturated carbocycles. The number of likely N-dealkylation sites (N-methyl/N-ethyl adjacent to an activating group) is 1. The summed E-state index contributed by atoms with van der Waals surface area (Å²) in [6, 6.07) is 2.15. The van der Waals surface area contributed by atoms with Crippen molar-refractivity contribution in [2.24, 2.45) is 0 Å². The van der Waals surface area contributed by atoms with Gasteiger partial charge in [0.25, 0.3) is 0 Å². The van der Waals surface area contributed by atoms with Crippen LogP contribution in [-0.2, 0) is 0 Å². The molecule has 4 heteroatoms. The number of hydrogen-bond acceptors (Lipinski definition) is 4. The van der Waals surface area contributed by atoms with Crippen molar-refractivity contribution < 1.29 is 0 Å². The quantitative estimate of drug-likeness (QED) is 0.623. The van der Waals surface area contributed by atoms with Gasteiger partial charge in [-0.3, -0.25) is 5.43 Å². The topological polar surface area (TPSA) is 42.3 Å². The molecule has 1 rings (SSSR count). The SMILES string of the molecule is CN1CCN(NCCCC#N)CC1. The third-order valence-corrected chi connectivity index (χ3v) is 2.30. The van der Waals surface area contributed by atoms with Gasteiger partial charge >= 0.3 is 0 Å². The Labute approximate surface area is 80.1 Å². The monoisotopic (exact) mass is 182 g/mol. The van der Waals surface area contributed by atoms with Crippen LogP contribution < -0.4 is 5.43 Å². The number of nitrogens with one attached hydrogen (secondary N) is 1. The first-order chi connectivity index (χ1) is 6.33. The zero-order valence-corrected chi connectivity index (χ0v) is 8.29. The number of hydrazine groups is 1. The van der Waals surface area contributed by atoms with Crippen LogP contribution in [0.5, 0.6) is 0 Å². The van der Waals surface area contributed by atoms with Crippen molar-refractivity contribution in [1.29, 1.82) is 5.26 Å². The Morgan fingerprint density at radius 2 is 2.00 bits per heavy atom. The molecule has 0 aromatic rings. The molecule has 1 heterocycles. The van der Waals surface area contributed by atoms with E-state index in [1.807, 2.05) is 0 Å². The molecule has 1 saturated heterocycles. The molecule has 0 aliphatic carbocycles. The Kier molecular flexibility index (Phi) is 4.76. The van der Waals surface area contributed by atoms with E-state index in [2.05, 4.69) is 28.5 Å². The van der Waals surface area contributed by atoms with Gasteiger partial charge in [-0.25, -0.2) is 5.01 Å². The number of nitrogens with zero attached hydrogens (tertiary/aromatic N) is 3. The highest BCUT2D eigenvalue weighted by atomic mass is 15.5. The second-order valence-electron chi connectivity index (χ2n) is 3.46. The Balaban J connectivity index is 2.00. The van der Waals surface area contributed by atoms with Crippen molar-refractivity contribution in [2.75, 3.05) is 39.8 Å². The minimum absolute atomic E-state index is 0.654. The first kappa shape index (κ1) is 10.5. The van der Waals surface area contributed by atoms with Crippen molar-refractivity contribution in [2.45, 2.75) is 12.8 Å². The smallest absolute Gasteiger partial charge is 0.0622 e. The molecule has 0 bridgehead atoms. The summed E-state index contributed by atoms with van der Waals surface area (Å²) in [7, 11) is 2.15. The van der Waals surface area contributed by atoms with Gasteiger partial charge < -0.3 is 4.90 Å². The molecule has 74 valence electrons. The maximum atomic E-state index is 8.34. The molecule has 0 unspecified atom stereocenters. The Morgan fingerprint density at radius 3 is 2.62 bits per heavy atom. The van der Waals surface area contributed by atoms with Crippen LogP contribution in [-0.4, -0.2) is 49.7 Å². The van der Waals surface area contributed by atoms with Gasteiger partial charge in [-0.2, -0.15) is 5.26 Å². The fourth-order valence-electron chi connectivity index (χ4n) is 1.37. The molecule has 1 N–H and O–H groups in total. The van der Waals surface area contributed by atoms with E-state index < -0.39 is 0 Å². The van der Waals surface area contributed by atoms with Crippen LogP contribution in [0.15, 0.2) is 0 Å². The molecular weight excluding hydrogens is 164 g/mol. The molecule has 13 heavy (non-hydrogen) atoms. The van der Waals surface area contributed by atoms with E-state index in [4.69, 9.17) is 5.26 Å². The maximum absolute atomic E-state index is 8.34. The first-order valence-electron chi connectivity index (χ1n) is 4.87. The normalized spacial score (nSPS) is 20.0. The molecule has 1 fully saturated rings. The van der Waals surface area contributed by atoms with Crippen molar-refractivity contribution in [3.8, 4) is 6.07 Å². The maximum Gasteiger partial charge on any atom is 0.0622 e. The van der Waals surface area contributed by atoms with Crippen LogP contribution in [0.2, 0.25) is 0 Å². The van der Waals surface area contributed by atoms with Crippen LogP contribution in [0.3, 0.4) is 0 Å². The van der Waals surface area contributed by atoms with Crippen molar-refractivity contribution in [3.05, 3.63) is 0 Å². The third kappa shape index (κ3) is 4.23. The lowest BCUT2D eigenvalue weighted by Gasteiger charge is -2.32. The Hall–Kier alpha value is -0.630. The highest BCUT2D eigenvalue weighted by molar-refractivity contribution is 4.70. The average Bonchev–Trinajstić information content (AvgIpc) is 2.15. The molecular formula is C9H18N4. The van der Waals surface area contributed by atoms with E-state index in [9.17, 15) is 0 Å². The predicted octanol–water partition coefficient (Wildman–Crippen LogP) is 0.0422. The van der Waals surface area contributed by atoms with Gasteiger partial charge in [0.1, 0.15) is 0 Å². The Morgan fingerprint density at radius 1 is 1.31 bits per heavy atom. The van der Waals surface area contributed by atoms with E-state index in [0.717, 1.165) is 39.1 Å². The lowest BCUT2D eigenvalue weighted by molar-refractivity contribution is 0.104. The molecule has 0 spiro atoms. The molecule has 4 nitrogen and oxygen atoms in total. The summed E-state index contributed by atoms with van der Waals surface area (Å²) in [6.45, 7) is 5.36. The fourth-order valence-corrected chi connectivity index (χ4v) is 1.37. The minimum atomic E-state index is 0.654. The van der Waals surface area contributed by atoms with Crippen LogP contribution in [0.1, 0.15) is 12.8 Å². The van der Waals surface area contributed by atoms with Gasteiger partial charge in [-0.1, -0.05) is 0 Å². The van der Waals surface area contributed by atoms with Gasteiger partial charge in [0.2, 0.25) is 0 Å². The van der Waals surface area contributed by atoms with E-state index in [0.29, 0.717) is 6.42 Å². The molecule has 0 amide bonds. The summed E-state index contributed by atoms with van der Waals surface area (Å²) in [5.74, 6) is 0. The van der Waals surface area contributed by atoms with Crippen molar-refractivity contribution in [1.82, 2.24) is 15.3 Å². The molecule has 0 aromatic heterocycles. The summed E-state index contributed by atoms with van der Waals surface area (Å²) < 4.78 is 0. The number of rotatable bonds is 4. The molecule has 0 radical (unpaired) electrons. The standard InChI is InChI=1S/C9H18N4/c1-12-6-8-13(9-7-12)11-5-3-2-4-10/h11H,2-3,5-9H2,1H3. The average molecular weight is 182 g/mol. The van der Waals surface area contributed by atoms with E-state index in [1.165, 1.54) is 0 Å². The number of nitriles is 1. The third-order valence-electron chi connectivity index (χ3n) is 2.30. The zero-order valence-electron chi connectivity index (χ0n) is 8.29. The second kappa shape index (κ2) is 5.92. The second-order valence-corrected chi connectivity index (χ2v) is 3.46. The van der Waals surface area contributed by atoms with Gasteiger partial charge in [0.05, 0.1) is 6.07 Å². The largest absolute Gasteiger partial charge is 0.304 e. The van der Waals surface area contributed by atoms with Crippen LogP contribution in [0.4, 0.5) is 0 Å². The lowest BCUT2D eigenvalue weighted by atomic mass is 10.3. The summed E-state index contributed by atoms with van der Waals surface area (Å²) >= 11 is 0. The molecule has 0 aromatic carbocycles. The Bertz CT molecular complexity index is 167. The van der Waals surface area contributed by atoms with Gasteiger partial charge in [0.15, 0.2) is 0 Å². The number of unbranched alkanes of at least 4 members (excludes halogenated alkanes) is 1. The van der Waals surface area contributed by atoms with E-state index >= 15 is 0 Å². The lowest BCUT2D eigenvalue weighted by Crippen LogP contribution is -2.50. The van der Waals surface area contributed by atoms with Gasteiger partial charge in [-0.15, -0.1) is 0 Å². The highest BCUT2D eigenvalue weighted by Gasteiger charge is 2.11. The highest BCUT2D eigenvalue weighted by Crippen LogP contribution is 1.95. The van der Waals surface area contributed by atoms with E-state index in [1.54, 1.807) is 0 Å². The van der Waals surface area contributed by atoms with Crippen LogP contribution in [0.25, 0.3) is 0 Å². The number of hydrogen-bond donors (Lipinski definition) is 1. The molecule has 1 aliphatic rings. The number of piperazine rings is 1. The summed E-state index contributed by atoms with van der Waals surface area (Å²) in [5.41, 5.74) is 3.33.